The molecular formula is C65H62N8. The van der Waals surface area contributed by atoms with Crippen LogP contribution in [0.4, 0.5) is 11.6 Å². The summed E-state index contributed by atoms with van der Waals surface area (Å²) in [7, 11) is 1.83. The van der Waals surface area contributed by atoms with Crippen LogP contribution in [0.1, 0.15) is 139 Å². The number of amidine groups is 5. The van der Waals surface area contributed by atoms with Gasteiger partial charge in [-0.25, -0.2) is 25.0 Å². The zero-order chi connectivity index (χ0) is 51.1. The molecule has 8 nitrogen and oxygen atoms in total. The molecule has 0 spiro atoms. The second-order valence-corrected chi connectivity index (χ2v) is 24.4. The van der Waals surface area contributed by atoms with E-state index in [1.54, 1.807) is 0 Å². The van der Waals surface area contributed by atoms with Gasteiger partial charge >= 0.3 is 0 Å². The Bertz CT molecular complexity index is 4080. The average Bonchev–Trinajstić information content (AvgIpc) is 4.08. The van der Waals surface area contributed by atoms with Gasteiger partial charge in [0.2, 0.25) is 0 Å². The number of aliphatic imine (C=N–C) groups is 6. The molecule has 0 radical (unpaired) electrons. The molecule has 0 saturated carbocycles. The van der Waals surface area contributed by atoms with E-state index in [1.165, 1.54) is 38.4 Å². The molecule has 9 aromatic rings. The summed E-state index contributed by atoms with van der Waals surface area (Å²) >= 11 is 0. The van der Waals surface area contributed by atoms with Crippen LogP contribution in [0.5, 0.6) is 0 Å². The molecule has 8 aromatic carbocycles. The van der Waals surface area contributed by atoms with E-state index in [4.69, 9.17) is 30.0 Å². The lowest BCUT2D eigenvalue weighted by molar-refractivity contribution is 0.591. The van der Waals surface area contributed by atoms with E-state index in [2.05, 4.69) is 215 Å². The Morgan fingerprint density at radius 1 is 0.384 bits per heavy atom. The molecule has 0 aliphatic carbocycles. The fraction of sp³-hybridized carbons (Fsp3) is 0.262. The average molecular weight is 955 g/mol. The first kappa shape index (κ1) is 46.2. The third-order valence-corrected chi connectivity index (χ3v) is 15.0. The standard InChI is InChI=1S/C65H62N8/c1-62(2,3)44-18-14-35-22-43-34-67-56(48(43)30-39(35)23-44)69-58-51-28-37-16-20-46(64(7,8)9)25-41(37)32-53(51)61(71-58)73-59-52-29-38-17-21-47(65(10,11)12)26-42(38)33-54(52)60(72-59)70-57-50-27-36-15-19-45(63(4,5)6)24-40(36)31-49(50)55(66-13)68-57/h14-34,71H,1-13H3,(H,66,68,70,72,73)/b69-56-. The number of nitrogens with zero attached hydrogens (tertiary/aromatic N) is 6. The minimum atomic E-state index is -0.0241. The van der Waals surface area contributed by atoms with Gasteiger partial charge in [0.15, 0.2) is 17.5 Å². The Kier molecular flexibility index (Phi) is 10.2. The molecule has 2 N–H and O–H groups in total. The number of hydrogen-bond acceptors (Lipinski definition) is 4. The topological polar surface area (TPSA) is 102 Å². The van der Waals surface area contributed by atoms with Crippen molar-refractivity contribution in [2.45, 2.75) is 105 Å². The summed E-state index contributed by atoms with van der Waals surface area (Å²) in [5, 5.41) is 14.7. The molecule has 73 heavy (non-hydrogen) atoms. The summed E-state index contributed by atoms with van der Waals surface area (Å²) in [5.41, 5.74) is 11.0. The molecule has 362 valence electrons. The maximum Gasteiger partial charge on any atom is 0.164 e. The number of nitrogens with one attached hydrogen (secondary N) is 2. The number of aromatic nitrogens is 1. The third kappa shape index (κ3) is 8.08. The fourth-order valence-electron chi connectivity index (χ4n) is 10.5. The molecule has 0 atom stereocenters. The van der Waals surface area contributed by atoms with Crippen molar-refractivity contribution in [2.75, 3.05) is 7.05 Å². The zero-order valence-corrected chi connectivity index (χ0v) is 44.3. The van der Waals surface area contributed by atoms with Gasteiger partial charge in [-0.15, -0.1) is 0 Å². The Morgan fingerprint density at radius 2 is 0.795 bits per heavy atom. The van der Waals surface area contributed by atoms with Crippen molar-refractivity contribution in [3.63, 3.8) is 0 Å². The van der Waals surface area contributed by atoms with Crippen LogP contribution in [0.2, 0.25) is 0 Å². The lowest BCUT2D eigenvalue weighted by Crippen LogP contribution is -2.23. The van der Waals surface area contributed by atoms with Crippen molar-refractivity contribution >= 4 is 101 Å². The van der Waals surface area contributed by atoms with Crippen molar-refractivity contribution in [1.29, 1.82) is 0 Å². The summed E-state index contributed by atoms with van der Waals surface area (Å²) in [6.45, 7) is 27.0. The number of benzene rings is 8. The Morgan fingerprint density at radius 3 is 1.32 bits per heavy atom. The van der Waals surface area contributed by atoms with Gasteiger partial charge in [0, 0.05) is 57.4 Å². The maximum atomic E-state index is 5.50. The van der Waals surface area contributed by atoms with Crippen LogP contribution in [-0.2, 0) is 21.7 Å². The highest BCUT2D eigenvalue weighted by molar-refractivity contribution is 6.32. The van der Waals surface area contributed by atoms with Gasteiger partial charge in [-0.1, -0.05) is 156 Å². The van der Waals surface area contributed by atoms with E-state index in [0.717, 1.165) is 76.9 Å². The van der Waals surface area contributed by atoms with E-state index in [9.17, 15) is 0 Å². The van der Waals surface area contributed by atoms with Crippen molar-refractivity contribution in [1.82, 2.24) is 10.3 Å². The highest BCUT2D eigenvalue weighted by Crippen LogP contribution is 2.41. The number of H-pyrrole nitrogens is 1. The minimum absolute atomic E-state index is 0.0227. The third-order valence-electron chi connectivity index (χ3n) is 15.0. The molecular weight excluding hydrogens is 893 g/mol. The monoisotopic (exact) mass is 955 g/mol. The molecule has 3 aliphatic rings. The molecule has 0 saturated heterocycles. The van der Waals surface area contributed by atoms with Crippen molar-refractivity contribution in [3.8, 4) is 0 Å². The Labute approximate surface area is 428 Å². The van der Waals surface area contributed by atoms with Crippen LogP contribution in [0, 0.1) is 0 Å². The van der Waals surface area contributed by atoms with E-state index in [-0.39, 0.29) is 21.7 Å². The molecule has 0 unspecified atom stereocenters. The van der Waals surface area contributed by atoms with Gasteiger partial charge in [0.25, 0.3) is 0 Å². The van der Waals surface area contributed by atoms with E-state index >= 15 is 0 Å². The molecule has 12 rings (SSSR count). The Balaban J connectivity index is 1.05. The molecule has 3 aliphatic heterocycles. The normalized spacial score (nSPS) is 17.1. The summed E-state index contributed by atoms with van der Waals surface area (Å²) in [5.74, 6) is 4.66. The van der Waals surface area contributed by atoms with Crippen LogP contribution in [-0.4, -0.2) is 47.4 Å². The number of hydrogen-bond donors (Lipinski definition) is 2. The molecule has 4 heterocycles. The molecule has 0 bridgehead atoms. The predicted octanol–water partition coefficient (Wildman–Crippen LogP) is 15.7. The van der Waals surface area contributed by atoms with Gasteiger partial charge < -0.3 is 10.3 Å². The molecule has 0 fully saturated rings. The summed E-state index contributed by atoms with van der Waals surface area (Å²) in [4.78, 5) is 35.0. The summed E-state index contributed by atoms with van der Waals surface area (Å²) in [6.07, 6.45) is 1.93. The quantitative estimate of drug-likeness (QED) is 0.177. The van der Waals surface area contributed by atoms with Crippen LogP contribution in [0.15, 0.2) is 151 Å². The lowest BCUT2D eigenvalue weighted by atomic mass is 9.85. The van der Waals surface area contributed by atoms with Crippen LogP contribution in [0.25, 0.3) is 53.9 Å². The fourth-order valence-corrected chi connectivity index (χ4v) is 10.5. The van der Waals surface area contributed by atoms with Crippen molar-refractivity contribution in [2.24, 2.45) is 30.0 Å². The smallest absolute Gasteiger partial charge is 0.164 e. The minimum Gasteiger partial charge on any atom is -0.324 e. The van der Waals surface area contributed by atoms with Gasteiger partial charge in [0.05, 0.1) is 0 Å². The van der Waals surface area contributed by atoms with Crippen LogP contribution in [0.3, 0.4) is 0 Å². The van der Waals surface area contributed by atoms with E-state index in [0.29, 0.717) is 35.0 Å². The lowest BCUT2D eigenvalue weighted by Gasteiger charge is -2.19. The van der Waals surface area contributed by atoms with Gasteiger partial charge in [0.1, 0.15) is 23.3 Å². The number of fused-ring (bicyclic) bond motifs is 8. The summed E-state index contributed by atoms with van der Waals surface area (Å²) in [6, 6.07) is 44.9. The van der Waals surface area contributed by atoms with E-state index < -0.39 is 0 Å². The summed E-state index contributed by atoms with van der Waals surface area (Å²) < 4.78 is 0. The van der Waals surface area contributed by atoms with Crippen LogP contribution < -0.4 is 5.32 Å². The van der Waals surface area contributed by atoms with Gasteiger partial charge in [-0.2, -0.15) is 0 Å². The first-order valence-electron chi connectivity index (χ1n) is 25.6. The van der Waals surface area contributed by atoms with Gasteiger partial charge in [-0.05, 0) is 136 Å². The first-order valence-corrected chi connectivity index (χ1v) is 25.6. The highest BCUT2D eigenvalue weighted by Gasteiger charge is 2.30. The molecule has 0 amide bonds. The Hall–Kier alpha value is -7.84. The number of rotatable bonds is 2. The zero-order valence-electron chi connectivity index (χ0n) is 44.3. The highest BCUT2D eigenvalue weighted by atomic mass is 15.1. The van der Waals surface area contributed by atoms with E-state index in [1.807, 2.05) is 13.3 Å². The van der Waals surface area contributed by atoms with Gasteiger partial charge in [-0.3, -0.25) is 4.99 Å². The number of aromatic amines is 1. The molecule has 8 heteroatoms. The first-order chi connectivity index (χ1) is 34.5. The second kappa shape index (κ2) is 16.1. The molecule has 1 aromatic heterocycles. The van der Waals surface area contributed by atoms with Crippen LogP contribution >= 0.6 is 0 Å². The largest absolute Gasteiger partial charge is 0.324 e. The van der Waals surface area contributed by atoms with Crippen molar-refractivity contribution < 1.29 is 0 Å². The van der Waals surface area contributed by atoms with Crippen molar-refractivity contribution in [3.05, 3.63) is 177 Å². The predicted molar refractivity (Wildman–Crippen MR) is 311 cm³/mol. The SMILES string of the molecule is CN=C1NC(=NC2=NC(=Nc3[nH]c(/N=C4\N=Cc5cc6ccc(C(C)(C)C)cc6cc54)c4cc5ccc(C(C)(C)C)cc5cc34)c3cc4ccc(C(C)(C)C)cc4cc32)c2cc3ccc(C(C)(C)C)cc3cc21. The second-order valence-electron chi connectivity index (χ2n) is 24.4. The maximum absolute atomic E-state index is 5.50.